The molecule has 1 aliphatic rings. The average molecular weight is 274 g/mol. The van der Waals surface area contributed by atoms with Crippen LogP contribution >= 0.6 is 11.8 Å². The van der Waals surface area contributed by atoms with Gasteiger partial charge >= 0.3 is 12.0 Å². The van der Waals surface area contributed by atoms with Crippen molar-refractivity contribution in [2.75, 3.05) is 19.1 Å². The van der Waals surface area contributed by atoms with Gasteiger partial charge in [-0.05, 0) is 44.6 Å². The van der Waals surface area contributed by atoms with Crippen LogP contribution in [-0.2, 0) is 4.79 Å². The Kier molecular flexibility index (Phi) is 5.31. The summed E-state index contributed by atoms with van der Waals surface area (Å²) in [5, 5.41) is 11.8. The highest BCUT2D eigenvalue weighted by atomic mass is 32.2. The topological polar surface area (TPSA) is 69.6 Å². The fraction of sp³-hybridized carbons (Fsp3) is 0.833. The third-order valence-electron chi connectivity index (χ3n) is 3.68. The maximum Gasteiger partial charge on any atom is 0.329 e. The smallest absolute Gasteiger partial charge is 0.329 e. The van der Waals surface area contributed by atoms with Crippen LogP contribution in [-0.4, -0.2) is 52.6 Å². The zero-order valence-corrected chi connectivity index (χ0v) is 12.0. The standard InChI is InChI=1S/C12H22N2O3S/c1-9(5-8-18-3)14(2)11(17)13-12(10(15)16)6-4-7-12/h9H,4-8H2,1-3H3,(H,13,17)(H,15,16). The van der Waals surface area contributed by atoms with E-state index in [0.717, 1.165) is 18.6 Å². The second kappa shape index (κ2) is 6.31. The highest BCUT2D eigenvalue weighted by Crippen LogP contribution is 2.32. The van der Waals surface area contributed by atoms with E-state index in [4.69, 9.17) is 5.11 Å². The Balaban J connectivity index is 2.51. The Morgan fingerprint density at radius 3 is 2.50 bits per heavy atom. The van der Waals surface area contributed by atoms with Crippen LogP contribution in [0, 0.1) is 0 Å². The number of carboxylic acids is 1. The van der Waals surface area contributed by atoms with Crippen LogP contribution in [0.3, 0.4) is 0 Å². The molecule has 1 saturated carbocycles. The fourth-order valence-electron chi connectivity index (χ4n) is 1.90. The zero-order chi connectivity index (χ0) is 13.8. The molecule has 1 fully saturated rings. The summed E-state index contributed by atoms with van der Waals surface area (Å²) in [5.41, 5.74) is -1.02. The van der Waals surface area contributed by atoms with Crippen LogP contribution in [0.2, 0.25) is 0 Å². The first kappa shape index (κ1) is 15.1. The lowest BCUT2D eigenvalue weighted by Crippen LogP contribution is -2.62. The molecule has 1 rings (SSSR count). The van der Waals surface area contributed by atoms with E-state index in [1.54, 1.807) is 23.7 Å². The van der Waals surface area contributed by atoms with Crippen LogP contribution in [0.25, 0.3) is 0 Å². The van der Waals surface area contributed by atoms with Gasteiger partial charge < -0.3 is 15.3 Å². The van der Waals surface area contributed by atoms with Gasteiger partial charge in [-0.15, -0.1) is 0 Å². The molecule has 0 radical (unpaired) electrons. The number of carbonyl (C=O) groups is 2. The monoisotopic (exact) mass is 274 g/mol. The van der Waals surface area contributed by atoms with Crippen molar-refractivity contribution in [2.45, 2.75) is 44.2 Å². The molecule has 6 heteroatoms. The number of urea groups is 1. The predicted octanol–water partition coefficient (Wildman–Crippen LogP) is 1.78. The molecular weight excluding hydrogens is 252 g/mol. The minimum atomic E-state index is -1.02. The summed E-state index contributed by atoms with van der Waals surface area (Å²) in [6.07, 6.45) is 4.85. The molecule has 0 aromatic heterocycles. The van der Waals surface area contributed by atoms with Crippen molar-refractivity contribution in [3.05, 3.63) is 0 Å². The summed E-state index contributed by atoms with van der Waals surface area (Å²) in [6.45, 7) is 1.98. The molecule has 0 heterocycles. The van der Waals surface area contributed by atoms with Gasteiger partial charge in [-0.25, -0.2) is 9.59 Å². The van der Waals surface area contributed by atoms with E-state index in [9.17, 15) is 9.59 Å². The predicted molar refractivity (Wildman–Crippen MR) is 73.0 cm³/mol. The van der Waals surface area contributed by atoms with Gasteiger partial charge in [0.1, 0.15) is 5.54 Å². The molecule has 1 unspecified atom stereocenters. The maximum absolute atomic E-state index is 12.0. The van der Waals surface area contributed by atoms with Crippen molar-refractivity contribution in [1.82, 2.24) is 10.2 Å². The van der Waals surface area contributed by atoms with Crippen LogP contribution in [0.1, 0.15) is 32.6 Å². The second-order valence-corrected chi connectivity index (χ2v) is 5.90. The number of hydrogen-bond acceptors (Lipinski definition) is 3. The van der Waals surface area contributed by atoms with Crippen LogP contribution in [0.5, 0.6) is 0 Å². The number of aliphatic carboxylic acids is 1. The number of nitrogens with zero attached hydrogens (tertiary/aromatic N) is 1. The molecule has 5 nitrogen and oxygen atoms in total. The summed E-state index contributed by atoms with van der Waals surface area (Å²) in [5.74, 6) is 0.0651. The number of thioether (sulfide) groups is 1. The summed E-state index contributed by atoms with van der Waals surface area (Å²) in [6, 6.07) is -0.172. The Morgan fingerprint density at radius 2 is 2.11 bits per heavy atom. The Labute approximate surface area is 112 Å². The molecular formula is C12H22N2O3S. The molecule has 2 N–H and O–H groups in total. The molecule has 0 saturated heterocycles. The molecule has 18 heavy (non-hydrogen) atoms. The van der Waals surface area contributed by atoms with Crippen molar-refractivity contribution < 1.29 is 14.7 Å². The first-order valence-corrected chi connectivity index (χ1v) is 7.59. The third-order valence-corrected chi connectivity index (χ3v) is 4.33. The molecule has 0 aliphatic heterocycles. The Morgan fingerprint density at radius 1 is 1.50 bits per heavy atom. The van der Waals surface area contributed by atoms with Gasteiger partial charge in [0.05, 0.1) is 0 Å². The maximum atomic E-state index is 12.0. The lowest BCUT2D eigenvalue weighted by Gasteiger charge is -2.40. The first-order valence-electron chi connectivity index (χ1n) is 6.20. The van der Waals surface area contributed by atoms with Gasteiger partial charge in [0, 0.05) is 13.1 Å². The van der Waals surface area contributed by atoms with Crippen LogP contribution in [0.15, 0.2) is 0 Å². The van der Waals surface area contributed by atoms with Gasteiger partial charge in [-0.1, -0.05) is 0 Å². The summed E-state index contributed by atoms with van der Waals surface area (Å²) >= 11 is 1.74. The number of rotatable bonds is 6. The lowest BCUT2D eigenvalue weighted by molar-refractivity contribution is -0.148. The van der Waals surface area contributed by atoms with Crippen molar-refractivity contribution in [3.8, 4) is 0 Å². The van der Waals surface area contributed by atoms with E-state index in [2.05, 4.69) is 5.32 Å². The lowest BCUT2D eigenvalue weighted by atomic mass is 9.77. The van der Waals surface area contributed by atoms with E-state index >= 15 is 0 Å². The van der Waals surface area contributed by atoms with E-state index in [0.29, 0.717) is 12.8 Å². The van der Waals surface area contributed by atoms with Gasteiger partial charge in [0.25, 0.3) is 0 Å². The summed E-state index contributed by atoms with van der Waals surface area (Å²) in [7, 11) is 1.72. The minimum Gasteiger partial charge on any atom is -0.480 e. The van der Waals surface area contributed by atoms with Crippen molar-refractivity contribution >= 4 is 23.8 Å². The molecule has 0 spiro atoms. The summed E-state index contributed by atoms with van der Waals surface area (Å²) < 4.78 is 0. The van der Waals surface area contributed by atoms with Crippen LogP contribution in [0.4, 0.5) is 4.79 Å². The molecule has 1 aliphatic carbocycles. The van der Waals surface area contributed by atoms with E-state index in [1.165, 1.54) is 0 Å². The van der Waals surface area contributed by atoms with E-state index in [-0.39, 0.29) is 12.1 Å². The van der Waals surface area contributed by atoms with Gasteiger partial charge in [-0.3, -0.25) is 0 Å². The van der Waals surface area contributed by atoms with Crippen molar-refractivity contribution in [1.29, 1.82) is 0 Å². The zero-order valence-electron chi connectivity index (χ0n) is 11.2. The van der Waals surface area contributed by atoms with E-state index in [1.807, 2.05) is 13.2 Å². The Hall–Kier alpha value is -0.910. The molecule has 104 valence electrons. The normalized spacial score (nSPS) is 18.6. The highest BCUT2D eigenvalue weighted by molar-refractivity contribution is 7.98. The summed E-state index contributed by atoms with van der Waals surface area (Å²) in [4.78, 5) is 24.8. The Bertz CT molecular complexity index is 318. The van der Waals surface area contributed by atoms with E-state index < -0.39 is 11.5 Å². The third kappa shape index (κ3) is 3.31. The second-order valence-electron chi connectivity index (χ2n) is 4.91. The molecule has 2 amide bonds. The van der Waals surface area contributed by atoms with Gasteiger partial charge in [0.15, 0.2) is 0 Å². The first-order chi connectivity index (χ1) is 8.43. The fourth-order valence-corrected chi connectivity index (χ4v) is 2.47. The molecule has 0 aromatic carbocycles. The molecule has 1 atom stereocenters. The molecule has 0 bridgehead atoms. The number of nitrogens with one attached hydrogen (secondary N) is 1. The van der Waals surface area contributed by atoms with Crippen molar-refractivity contribution in [2.24, 2.45) is 0 Å². The SMILES string of the molecule is CSCCC(C)N(C)C(=O)NC1(C(=O)O)CCC1. The quantitative estimate of drug-likeness (QED) is 0.774. The number of carboxylic acid groups (broad SMARTS) is 1. The van der Waals surface area contributed by atoms with Gasteiger partial charge in [-0.2, -0.15) is 11.8 Å². The number of hydrogen-bond donors (Lipinski definition) is 2. The average Bonchev–Trinajstić information content (AvgIpc) is 2.28. The van der Waals surface area contributed by atoms with Gasteiger partial charge in [0.2, 0.25) is 0 Å². The van der Waals surface area contributed by atoms with Crippen LogP contribution < -0.4 is 5.32 Å². The number of carbonyl (C=O) groups excluding carboxylic acids is 1. The van der Waals surface area contributed by atoms with Crippen molar-refractivity contribution in [3.63, 3.8) is 0 Å². The molecule has 0 aromatic rings. The highest BCUT2D eigenvalue weighted by Gasteiger charge is 2.46. The largest absolute Gasteiger partial charge is 0.480 e. The minimum absolute atomic E-state index is 0.114. The number of amides is 2.